The van der Waals surface area contributed by atoms with Gasteiger partial charge in [-0.3, -0.25) is 4.79 Å². The fraction of sp³-hybridized carbons (Fsp3) is 0.368. The van der Waals surface area contributed by atoms with E-state index in [4.69, 9.17) is 4.74 Å². The topological polar surface area (TPSA) is 111 Å². The number of nitrogens with one attached hydrogen (secondary N) is 1. The van der Waals surface area contributed by atoms with Crippen LogP contribution in [0.3, 0.4) is 0 Å². The Balaban J connectivity index is 1.25. The van der Waals surface area contributed by atoms with Crippen molar-refractivity contribution >= 4 is 11.9 Å². The fourth-order valence-electron chi connectivity index (χ4n) is 3.03. The minimum atomic E-state index is -0.263. The van der Waals surface area contributed by atoms with Crippen LogP contribution in [0.15, 0.2) is 42.9 Å². The molecule has 10 heteroatoms. The number of hydrogen-bond acceptors (Lipinski definition) is 8. The van der Waals surface area contributed by atoms with Gasteiger partial charge < -0.3 is 15.0 Å². The van der Waals surface area contributed by atoms with Crippen molar-refractivity contribution in [2.75, 3.05) is 24.6 Å². The van der Waals surface area contributed by atoms with Crippen LogP contribution in [-0.4, -0.2) is 55.5 Å². The Bertz CT molecular complexity index is 924. The molecular weight excluding hydrogens is 372 g/mol. The Kier molecular flexibility index (Phi) is 5.89. The lowest BCUT2D eigenvalue weighted by atomic mass is 10.1. The zero-order valence-electron chi connectivity index (χ0n) is 15.9. The van der Waals surface area contributed by atoms with E-state index in [9.17, 15) is 4.79 Å². The molecule has 0 aromatic carbocycles. The monoisotopic (exact) mass is 394 g/mol. The van der Waals surface area contributed by atoms with Crippen LogP contribution < -0.4 is 15.0 Å². The third-order valence-corrected chi connectivity index (χ3v) is 4.52. The molecule has 4 heterocycles. The predicted molar refractivity (Wildman–Crippen MR) is 105 cm³/mol. The summed E-state index contributed by atoms with van der Waals surface area (Å²) in [6.45, 7) is 2.11. The molecule has 0 aliphatic carbocycles. The second-order valence-electron chi connectivity index (χ2n) is 6.64. The van der Waals surface area contributed by atoms with Gasteiger partial charge in [0.15, 0.2) is 12.4 Å². The number of piperidine rings is 1. The molecule has 3 aromatic heterocycles. The van der Waals surface area contributed by atoms with Gasteiger partial charge in [-0.05, 0) is 37.5 Å². The van der Waals surface area contributed by atoms with Crippen molar-refractivity contribution in [1.29, 1.82) is 0 Å². The van der Waals surface area contributed by atoms with Crippen molar-refractivity contribution in [2.45, 2.75) is 25.8 Å². The highest BCUT2D eigenvalue weighted by molar-refractivity contribution is 5.77. The molecule has 1 fully saturated rings. The minimum Gasteiger partial charge on any atom is -0.466 e. The summed E-state index contributed by atoms with van der Waals surface area (Å²) in [4.78, 5) is 23.2. The van der Waals surface area contributed by atoms with E-state index in [1.165, 1.54) is 6.42 Å². The molecule has 4 rings (SSSR count). The number of nitrogens with zero attached hydrogens (tertiary/aromatic N) is 7. The summed E-state index contributed by atoms with van der Waals surface area (Å²) in [5, 5.41) is 14.8. The quantitative estimate of drug-likeness (QED) is 0.635. The van der Waals surface area contributed by atoms with Crippen LogP contribution in [0.2, 0.25) is 0 Å². The third-order valence-electron chi connectivity index (χ3n) is 4.52. The summed E-state index contributed by atoms with van der Waals surface area (Å²) in [6, 6.07) is 6.96. The summed E-state index contributed by atoms with van der Waals surface area (Å²) in [5.41, 5.74) is 0.761. The van der Waals surface area contributed by atoms with Gasteiger partial charge in [0.1, 0.15) is 0 Å². The van der Waals surface area contributed by atoms with Crippen LogP contribution in [0, 0.1) is 0 Å². The maximum atomic E-state index is 12.1. The first-order valence-corrected chi connectivity index (χ1v) is 9.58. The van der Waals surface area contributed by atoms with Crippen molar-refractivity contribution in [3.05, 3.63) is 48.5 Å². The van der Waals surface area contributed by atoms with Gasteiger partial charge >= 0.3 is 0 Å². The molecule has 1 amide bonds. The van der Waals surface area contributed by atoms with Crippen LogP contribution in [-0.2, 0) is 11.3 Å². The summed E-state index contributed by atoms with van der Waals surface area (Å²) in [7, 11) is 0. The SMILES string of the molecule is O=C(COc1ccc(-n2cccn2)nn1)NCc1ccnc(N2CCCCC2)n1. The van der Waals surface area contributed by atoms with Gasteiger partial charge in [0.25, 0.3) is 5.91 Å². The van der Waals surface area contributed by atoms with E-state index in [-0.39, 0.29) is 18.4 Å². The highest BCUT2D eigenvalue weighted by Gasteiger charge is 2.14. The summed E-state index contributed by atoms with van der Waals surface area (Å²) in [6.07, 6.45) is 8.72. The lowest BCUT2D eigenvalue weighted by Gasteiger charge is -2.26. The van der Waals surface area contributed by atoms with Gasteiger partial charge in [0.05, 0.1) is 12.2 Å². The van der Waals surface area contributed by atoms with Crippen LogP contribution in [0.1, 0.15) is 25.0 Å². The molecule has 1 saturated heterocycles. The Morgan fingerprint density at radius 2 is 2.00 bits per heavy atom. The number of anilines is 1. The predicted octanol–water partition coefficient (Wildman–Crippen LogP) is 1.14. The normalized spacial score (nSPS) is 13.9. The highest BCUT2D eigenvalue weighted by Crippen LogP contribution is 2.15. The lowest BCUT2D eigenvalue weighted by Crippen LogP contribution is -2.32. The zero-order valence-corrected chi connectivity index (χ0v) is 15.9. The summed E-state index contributed by atoms with van der Waals surface area (Å²) < 4.78 is 6.98. The van der Waals surface area contributed by atoms with E-state index < -0.39 is 0 Å². The number of amides is 1. The minimum absolute atomic E-state index is 0.153. The maximum Gasteiger partial charge on any atom is 0.258 e. The van der Waals surface area contributed by atoms with Gasteiger partial charge in [-0.25, -0.2) is 14.6 Å². The highest BCUT2D eigenvalue weighted by atomic mass is 16.5. The van der Waals surface area contributed by atoms with Gasteiger partial charge in [0, 0.05) is 37.7 Å². The molecule has 0 bridgehead atoms. The van der Waals surface area contributed by atoms with Crippen molar-refractivity contribution in [3.8, 4) is 11.7 Å². The van der Waals surface area contributed by atoms with E-state index in [1.807, 2.05) is 0 Å². The van der Waals surface area contributed by atoms with Crippen molar-refractivity contribution in [2.24, 2.45) is 0 Å². The van der Waals surface area contributed by atoms with Gasteiger partial charge in [-0.15, -0.1) is 10.2 Å². The van der Waals surface area contributed by atoms with E-state index in [1.54, 1.807) is 47.5 Å². The van der Waals surface area contributed by atoms with Gasteiger partial charge in [-0.1, -0.05) is 0 Å². The first kappa shape index (κ1) is 18.8. The van der Waals surface area contributed by atoms with Crippen LogP contribution in [0.25, 0.3) is 5.82 Å². The number of aromatic nitrogens is 6. The second-order valence-corrected chi connectivity index (χ2v) is 6.64. The summed E-state index contributed by atoms with van der Waals surface area (Å²) >= 11 is 0. The first-order valence-electron chi connectivity index (χ1n) is 9.58. The van der Waals surface area contributed by atoms with Crippen LogP contribution in [0.4, 0.5) is 5.95 Å². The van der Waals surface area contributed by atoms with Crippen LogP contribution in [0.5, 0.6) is 5.88 Å². The van der Waals surface area contributed by atoms with Crippen molar-refractivity contribution in [3.63, 3.8) is 0 Å². The number of carbonyl (C=O) groups is 1. The van der Waals surface area contributed by atoms with Crippen LogP contribution >= 0.6 is 0 Å². The maximum absolute atomic E-state index is 12.1. The van der Waals surface area contributed by atoms with E-state index >= 15 is 0 Å². The third kappa shape index (κ3) is 5.03. The molecule has 0 unspecified atom stereocenters. The zero-order chi connectivity index (χ0) is 19.9. The molecule has 1 aliphatic rings. The average Bonchev–Trinajstić information content (AvgIpc) is 3.32. The number of rotatable bonds is 7. The first-order chi connectivity index (χ1) is 14.3. The molecule has 3 aromatic rings. The molecule has 1 aliphatic heterocycles. The molecule has 150 valence electrons. The van der Waals surface area contributed by atoms with E-state index in [2.05, 4.69) is 35.5 Å². The van der Waals surface area contributed by atoms with Crippen molar-refractivity contribution < 1.29 is 9.53 Å². The smallest absolute Gasteiger partial charge is 0.258 e. The molecule has 29 heavy (non-hydrogen) atoms. The molecular formula is C19H22N8O2. The van der Waals surface area contributed by atoms with Gasteiger partial charge in [0.2, 0.25) is 11.8 Å². The number of hydrogen-bond donors (Lipinski definition) is 1. The van der Waals surface area contributed by atoms with E-state index in [0.29, 0.717) is 12.4 Å². The van der Waals surface area contributed by atoms with Crippen molar-refractivity contribution in [1.82, 2.24) is 35.3 Å². The average molecular weight is 394 g/mol. The number of ether oxygens (including phenoxy) is 1. The fourth-order valence-corrected chi connectivity index (χ4v) is 3.03. The Hall–Kier alpha value is -3.56. The Labute approximate surface area is 167 Å². The molecule has 1 N–H and O–H groups in total. The molecule has 0 atom stereocenters. The molecule has 0 radical (unpaired) electrons. The summed E-state index contributed by atoms with van der Waals surface area (Å²) in [5.74, 6) is 1.30. The van der Waals surface area contributed by atoms with Gasteiger partial charge in [-0.2, -0.15) is 5.10 Å². The lowest BCUT2D eigenvalue weighted by molar-refractivity contribution is -0.123. The molecule has 0 spiro atoms. The van der Waals surface area contributed by atoms with E-state index in [0.717, 1.165) is 37.6 Å². The molecule has 10 nitrogen and oxygen atoms in total. The number of carbonyl (C=O) groups excluding carboxylic acids is 1. The standard InChI is InChI=1S/C19H22N8O2/c28-17(14-29-18-6-5-16(24-25-18)27-12-4-8-22-27)21-13-15-7-9-20-19(23-15)26-10-2-1-3-11-26/h4-9,12H,1-3,10-11,13-14H2,(H,21,28). The Morgan fingerprint density at radius 3 is 2.76 bits per heavy atom. The second kappa shape index (κ2) is 9.09. The molecule has 0 saturated carbocycles. The largest absolute Gasteiger partial charge is 0.466 e. The Morgan fingerprint density at radius 1 is 1.10 bits per heavy atom.